The number of amides is 1. The summed E-state index contributed by atoms with van der Waals surface area (Å²) < 4.78 is 10.6. The zero-order valence-corrected chi connectivity index (χ0v) is 16.5. The molecule has 0 aromatic heterocycles. The van der Waals surface area contributed by atoms with E-state index in [0.29, 0.717) is 17.2 Å². The molecule has 1 heterocycles. The number of rotatable bonds is 5. The summed E-state index contributed by atoms with van der Waals surface area (Å²) >= 11 is 0. The van der Waals surface area contributed by atoms with Crippen LogP contribution in [0.3, 0.4) is 0 Å². The minimum absolute atomic E-state index is 0.0743. The van der Waals surface area contributed by atoms with Crippen LogP contribution in [-0.4, -0.2) is 38.3 Å². The van der Waals surface area contributed by atoms with Crippen molar-refractivity contribution in [1.29, 1.82) is 0 Å². The van der Waals surface area contributed by atoms with Crippen molar-refractivity contribution in [3.8, 4) is 11.5 Å². The van der Waals surface area contributed by atoms with Crippen LogP contribution in [0, 0.1) is 0 Å². The molecule has 2 N–H and O–H groups in total. The average molecular weight is 369 g/mol. The van der Waals surface area contributed by atoms with E-state index in [1.807, 2.05) is 37.3 Å². The molecule has 1 aliphatic heterocycles. The van der Waals surface area contributed by atoms with Crippen molar-refractivity contribution < 1.29 is 14.3 Å². The topological polar surface area (TPSA) is 62.8 Å². The Morgan fingerprint density at radius 3 is 2.56 bits per heavy atom. The van der Waals surface area contributed by atoms with E-state index < -0.39 is 0 Å². The Kier molecular flexibility index (Phi) is 5.17. The first kappa shape index (κ1) is 18.9. The fraction of sp³-hybridized carbons (Fsp3) is 0.381. The van der Waals surface area contributed by atoms with E-state index >= 15 is 0 Å². The summed E-state index contributed by atoms with van der Waals surface area (Å²) in [6.07, 6.45) is 0. The Bertz CT molecular complexity index is 835. The van der Waals surface area contributed by atoms with E-state index in [2.05, 4.69) is 29.4 Å². The standard InChI is InChI=1S/C21H27N3O3/c1-14(20(25)22-15-10-11-18(26-4)19(12-15)27-5)24-13-21(2,3)23-16-8-6-7-9-17(16)24/h6-12,14,23H,13H2,1-5H3,(H,22,25). The Hall–Kier alpha value is -2.89. The number of nitrogens with zero attached hydrogens (tertiary/aromatic N) is 1. The summed E-state index contributed by atoms with van der Waals surface area (Å²) in [6, 6.07) is 13.1. The second kappa shape index (κ2) is 7.39. The number of carbonyl (C=O) groups is 1. The van der Waals surface area contributed by atoms with Crippen molar-refractivity contribution in [2.45, 2.75) is 32.4 Å². The molecule has 0 aliphatic carbocycles. The largest absolute Gasteiger partial charge is 0.493 e. The van der Waals surface area contributed by atoms with Crippen LogP contribution in [0.5, 0.6) is 11.5 Å². The van der Waals surface area contributed by atoms with E-state index in [4.69, 9.17) is 9.47 Å². The van der Waals surface area contributed by atoms with Gasteiger partial charge in [-0.3, -0.25) is 4.79 Å². The monoisotopic (exact) mass is 369 g/mol. The van der Waals surface area contributed by atoms with Crippen molar-refractivity contribution >= 4 is 23.0 Å². The van der Waals surface area contributed by atoms with Crippen molar-refractivity contribution in [2.75, 3.05) is 36.3 Å². The predicted octanol–water partition coefficient (Wildman–Crippen LogP) is 3.74. The molecule has 6 heteroatoms. The first-order chi connectivity index (χ1) is 12.8. The highest BCUT2D eigenvalue weighted by molar-refractivity contribution is 5.97. The van der Waals surface area contributed by atoms with Gasteiger partial charge in [0.1, 0.15) is 6.04 Å². The lowest BCUT2D eigenvalue weighted by Gasteiger charge is -2.44. The number of hydrogen-bond donors (Lipinski definition) is 2. The van der Waals surface area contributed by atoms with Gasteiger partial charge in [-0.2, -0.15) is 0 Å². The van der Waals surface area contributed by atoms with Crippen molar-refractivity contribution in [2.24, 2.45) is 0 Å². The van der Waals surface area contributed by atoms with Gasteiger partial charge in [0, 0.05) is 23.8 Å². The third-order valence-electron chi connectivity index (χ3n) is 4.75. The van der Waals surface area contributed by atoms with Gasteiger partial charge >= 0.3 is 0 Å². The van der Waals surface area contributed by atoms with Gasteiger partial charge in [-0.25, -0.2) is 0 Å². The summed E-state index contributed by atoms with van der Waals surface area (Å²) in [5.74, 6) is 1.13. The van der Waals surface area contributed by atoms with Crippen LogP contribution in [0.25, 0.3) is 0 Å². The summed E-state index contributed by atoms with van der Waals surface area (Å²) in [7, 11) is 3.16. The highest BCUT2D eigenvalue weighted by Crippen LogP contribution is 2.36. The minimum atomic E-state index is -0.333. The lowest BCUT2D eigenvalue weighted by atomic mass is 9.97. The molecular formula is C21H27N3O3. The van der Waals surface area contributed by atoms with Crippen LogP contribution < -0.4 is 25.0 Å². The van der Waals surface area contributed by atoms with Crippen LogP contribution in [0.1, 0.15) is 20.8 Å². The molecule has 0 bridgehead atoms. The number of carbonyl (C=O) groups excluding carboxylic acids is 1. The summed E-state index contributed by atoms with van der Waals surface area (Å²) in [5.41, 5.74) is 2.62. The zero-order valence-electron chi connectivity index (χ0n) is 16.5. The summed E-state index contributed by atoms with van der Waals surface area (Å²) in [5, 5.41) is 6.52. The molecule has 0 saturated heterocycles. The normalized spacial score (nSPS) is 16.0. The summed E-state index contributed by atoms with van der Waals surface area (Å²) in [4.78, 5) is 15.1. The van der Waals surface area contributed by atoms with Crippen LogP contribution in [0.4, 0.5) is 17.1 Å². The fourth-order valence-electron chi connectivity index (χ4n) is 3.39. The third-order valence-corrected chi connectivity index (χ3v) is 4.75. The first-order valence-electron chi connectivity index (χ1n) is 9.01. The Labute approximate surface area is 160 Å². The molecule has 0 spiro atoms. The smallest absolute Gasteiger partial charge is 0.246 e. The van der Waals surface area contributed by atoms with E-state index in [9.17, 15) is 4.79 Å². The molecule has 1 atom stereocenters. The number of fused-ring (bicyclic) bond motifs is 1. The van der Waals surface area contributed by atoms with Gasteiger partial charge in [-0.1, -0.05) is 12.1 Å². The molecule has 0 saturated carbocycles. The van der Waals surface area contributed by atoms with Crippen LogP contribution in [0.15, 0.2) is 42.5 Å². The molecule has 0 radical (unpaired) electrons. The number of ether oxygens (including phenoxy) is 2. The zero-order chi connectivity index (χ0) is 19.6. The number of nitrogens with one attached hydrogen (secondary N) is 2. The van der Waals surface area contributed by atoms with E-state index in [1.165, 1.54) is 0 Å². The third kappa shape index (κ3) is 3.94. The van der Waals surface area contributed by atoms with E-state index in [0.717, 1.165) is 17.9 Å². The maximum absolute atomic E-state index is 12.9. The molecule has 2 aromatic rings. The average Bonchev–Trinajstić information content (AvgIpc) is 2.65. The number of anilines is 3. The maximum Gasteiger partial charge on any atom is 0.246 e. The predicted molar refractivity (Wildman–Crippen MR) is 109 cm³/mol. The van der Waals surface area contributed by atoms with Gasteiger partial charge in [-0.05, 0) is 45.0 Å². The number of methoxy groups -OCH3 is 2. The lowest BCUT2D eigenvalue weighted by Crippen LogP contribution is -2.54. The molecule has 144 valence electrons. The molecule has 27 heavy (non-hydrogen) atoms. The SMILES string of the molecule is COc1ccc(NC(=O)C(C)N2CC(C)(C)Nc3ccccc32)cc1OC. The fourth-order valence-corrected chi connectivity index (χ4v) is 3.39. The summed E-state index contributed by atoms with van der Waals surface area (Å²) in [6.45, 7) is 6.92. The molecule has 1 unspecified atom stereocenters. The van der Waals surface area contributed by atoms with Gasteiger partial charge in [0.15, 0.2) is 11.5 Å². The highest BCUT2D eigenvalue weighted by Gasteiger charge is 2.34. The molecule has 0 fully saturated rings. The van der Waals surface area contributed by atoms with E-state index in [1.54, 1.807) is 26.4 Å². The number of hydrogen-bond acceptors (Lipinski definition) is 5. The van der Waals surface area contributed by atoms with Crippen molar-refractivity contribution in [1.82, 2.24) is 0 Å². The second-order valence-electron chi connectivity index (χ2n) is 7.39. The quantitative estimate of drug-likeness (QED) is 0.841. The van der Waals surface area contributed by atoms with Crippen LogP contribution in [-0.2, 0) is 4.79 Å². The van der Waals surface area contributed by atoms with Crippen LogP contribution in [0.2, 0.25) is 0 Å². The van der Waals surface area contributed by atoms with E-state index in [-0.39, 0.29) is 17.5 Å². The first-order valence-corrected chi connectivity index (χ1v) is 9.01. The van der Waals surface area contributed by atoms with Gasteiger partial charge < -0.3 is 25.0 Å². The molecule has 1 aliphatic rings. The molecule has 1 amide bonds. The molecule has 6 nitrogen and oxygen atoms in total. The Morgan fingerprint density at radius 1 is 1.15 bits per heavy atom. The number of benzene rings is 2. The number of para-hydroxylation sites is 2. The molecule has 2 aromatic carbocycles. The maximum atomic E-state index is 12.9. The second-order valence-corrected chi connectivity index (χ2v) is 7.39. The van der Waals surface area contributed by atoms with Gasteiger partial charge in [0.05, 0.1) is 25.6 Å². The van der Waals surface area contributed by atoms with Crippen molar-refractivity contribution in [3.05, 3.63) is 42.5 Å². The van der Waals surface area contributed by atoms with Gasteiger partial charge in [0.25, 0.3) is 0 Å². The highest BCUT2D eigenvalue weighted by atomic mass is 16.5. The van der Waals surface area contributed by atoms with Crippen LogP contribution >= 0.6 is 0 Å². The minimum Gasteiger partial charge on any atom is -0.493 e. The molecular weight excluding hydrogens is 342 g/mol. The van der Waals surface area contributed by atoms with Gasteiger partial charge in [0.2, 0.25) is 5.91 Å². The molecule has 3 rings (SSSR count). The van der Waals surface area contributed by atoms with Gasteiger partial charge in [-0.15, -0.1) is 0 Å². The van der Waals surface area contributed by atoms with Crippen molar-refractivity contribution in [3.63, 3.8) is 0 Å². The Balaban J connectivity index is 1.81. The Morgan fingerprint density at radius 2 is 1.85 bits per heavy atom. The lowest BCUT2D eigenvalue weighted by molar-refractivity contribution is -0.117.